The molecule has 0 spiro atoms. The Hall–Kier alpha value is -2.33. The molecule has 1 aliphatic carbocycles. The van der Waals surface area contributed by atoms with Gasteiger partial charge in [-0.3, -0.25) is 4.79 Å². The van der Waals surface area contributed by atoms with Crippen LogP contribution in [0.4, 0.5) is 0 Å². The lowest BCUT2D eigenvalue weighted by atomic mass is 10.1. The molecule has 4 rings (SSSR count). The summed E-state index contributed by atoms with van der Waals surface area (Å²) in [4.78, 5) is 15.0. The van der Waals surface area contributed by atoms with Crippen LogP contribution in [0.1, 0.15) is 53.6 Å². The van der Waals surface area contributed by atoms with Gasteiger partial charge in [0.25, 0.3) is 5.91 Å². The number of benzene rings is 2. The van der Waals surface area contributed by atoms with Gasteiger partial charge < -0.3 is 14.4 Å². The predicted octanol–water partition coefficient (Wildman–Crippen LogP) is 4.75. The molecule has 28 heavy (non-hydrogen) atoms. The molecule has 0 bridgehead atoms. The number of nitrogens with zero attached hydrogens (tertiary/aromatic N) is 1. The lowest BCUT2D eigenvalue weighted by molar-refractivity contribution is -0.0110. The summed E-state index contributed by atoms with van der Waals surface area (Å²) < 4.78 is 11.7. The summed E-state index contributed by atoms with van der Waals surface area (Å²) in [5, 5.41) is 0. The molecule has 2 fully saturated rings. The third kappa shape index (κ3) is 4.93. The molecule has 2 aromatic rings. The van der Waals surface area contributed by atoms with Gasteiger partial charge in [-0.25, -0.2) is 0 Å². The van der Waals surface area contributed by atoms with Crippen molar-refractivity contribution in [3.05, 3.63) is 65.2 Å². The van der Waals surface area contributed by atoms with Crippen LogP contribution in [0.5, 0.6) is 5.75 Å². The predicted molar refractivity (Wildman–Crippen MR) is 110 cm³/mol. The lowest BCUT2D eigenvalue weighted by Crippen LogP contribution is -2.32. The van der Waals surface area contributed by atoms with Crippen molar-refractivity contribution in [2.45, 2.75) is 57.7 Å². The zero-order valence-corrected chi connectivity index (χ0v) is 16.6. The van der Waals surface area contributed by atoms with E-state index in [-0.39, 0.29) is 12.0 Å². The van der Waals surface area contributed by atoms with E-state index in [2.05, 4.69) is 12.1 Å². The number of rotatable bonds is 7. The zero-order valence-electron chi connectivity index (χ0n) is 16.6. The molecule has 1 atom stereocenters. The Kier molecular flexibility index (Phi) is 5.96. The van der Waals surface area contributed by atoms with E-state index in [0.29, 0.717) is 19.2 Å². The smallest absolute Gasteiger partial charge is 0.254 e. The van der Waals surface area contributed by atoms with E-state index in [1.165, 1.54) is 12.0 Å². The Morgan fingerprint density at radius 3 is 2.64 bits per heavy atom. The zero-order chi connectivity index (χ0) is 19.3. The standard InChI is InChI=1S/C24H29NO3/c1-18-8-10-20(11-9-18)24(26)25(21-12-13-21)16-19-5-4-7-22(15-19)28-17-23-6-2-3-14-27-23/h4-5,7-11,15,21,23H,2-3,6,12-14,16-17H2,1H3/t23-/m0/s1. The van der Waals surface area contributed by atoms with Crippen molar-refractivity contribution in [2.24, 2.45) is 0 Å². The van der Waals surface area contributed by atoms with E-state index in [9.17, 15) is 4.79 Å². The summed E-state index contributed by atoms with van der Waals surface area (Å²) in [6.07, 6.45) is 5.81. The molecular formula is C24H29NO3. The van der Waals surface area contributed by atoms with Gasteiger partial charge in [0.1, 0.15) is 12.4 Å². The Morgan fingerprint density at radius 2 is 1.93 bits per heavy atom. The largest absolute Gasteiger partial charge is 0.491 e. The summed E-state index contributed by atoms with van der Waals surface area (Å²) >= 11 is 0. The first-order valence-corrected chi connectivity index (χ1v) is 10.4. The van der Waals surface area contributed by atoms with Crippen molar-refractivity contribution in [3.8, 4) is 5.75 Å². The summed E-state index contributed by atoms with van der Waals surface area (Å²) in [5.41, 5.74) is 3.04. The highest BCUT2D eigenvalue weighted by Crippen LogP contribution is 2.30. The summed E-state index contributed by atoms with van der Waals surface area (Å²) in [6.45, 7) is 4.09. The SMILES string of the molecule is Cc1ccc(C(=O)N(Cc2cccc(OC[C@@H]3CCCCO3)c2)C2CC2)cc1. The van der Waals surface area contributed by atoms with Crippen molar-refractivity contribution < 1.29 is 14.3 Å². The fourth-order valence-corrected chi connectivity index (χ4v) is 3.67. The molecule has 1 heterocycles. The van der Waals surface area contributed by atoms with E-state index >= 15 is 0 Å². The maximum absolute atomic E-state index is 13.0. The fraction of sp³-hybridized carbons (Fsp3) is 0.458. The number of carbonyl (C=O) groups is 1. The fourth-order valence-electron chi connectivity index (χ4n) is 3.67. The average Bonchev–Trinajstić information content (AvgIpc) is 3.57. The van der Waals surface area contributed by atoms with Gasteiger partial charge in [-0.05, 0) is 68.9 Å². The number of carbonyl (C=O) groups excluding carboxylic acids is 1. The van der Waals surface area contributed by atoms with E-state index in [4.69, 9.17) is 9.47 Å². The van der Waals surface area contributed by atoms with E-state index in [1.807, 2.05) is 48.2 Å². The highest BCUT2D eigenvalue weighted by atomic mass is 16.5. The number of hydrogen-bond donors (Lipinski definition) is 0. The van der Waals surface area contributed by atoms with Gasteiger partial charge in [-0.2, -0.15) is 0 Å². The monoisotopic (exact) mass is 379 g/mol. The van der Waals surface area contributed by atoms with Crippen LogP contribution in [-0.4, -0.2) is 36.2 Å². The molecule has 0 unspecified atom stereocenters. The molecule has 148 valence electrons. The van der Waals surface area contributed by atoms with Crippen LogP contribution >= 0.6 is 0 Å². The normalized spacial score (nSPS) is 19.2. The van der Waals surface area contributed by atoms with E-state index in [0.717, 1.165) is 49.2 Å². The van der Waals surface area contributed by atoms with Crippen molar-refractivity contribution in [1.29, 1.82) is 0 Å². The maximum atomic E-state index is 13.0. The van der Waals surface area contributed by atoms with Crippen LogP contribution in [0, 0.1) is 6.92 Å². The van der Waals surface area contributed by atoms with Gasteiger partial charge in [0.2, 0.25) is 0 Å². The average molecular weight is 380 g/mol. The van der Waals surface area contributed by atoms with Crippen molar-refractivity contribution in [3.63, 3.8) is 0 Å². The lowest BCUT2D eigenvalue weighted by Gasteiger charge is -2.24. The summed E-state index contributed by atoms with van der Waals surface area (Å²) in [7, 11) is 0. The van der Waals surface area contributed by atoms with Gasteiger partial charge in [0.15, 0.2) is 0 Å². The van der Waals surface area contributed by atoms with Crippen molar-refractivity contribution in [1.82, 2.24) is 4.90 Å². The van der Waals surface area contributed by atoms with Gasteiger partial charge in [-0.1, -0.05) is 29.8 Å². The molecule has 1 amide bonds. The molecule has 1 saturated carbocycles. The number of ether oxygens (including phenoxy) is 2. The minimum atomic E-state index is 0.115. The molecular weight excluding hydrogens is 350 g/mol. The first-order valence-electron chi connectivity index (χ1n) is 10.4. The van der Waals surface area contributed by atoms with Gasteiger partial charge in [0, 0.05) is 24.8 Å². The van der Waals surface area contributed by atoms with E-state index < -0.39 is 0 Å². The first-order chi connectivity index (χ1) is 13.7. The number of hydrogen-bond acceptors (Lipinski definition) is 3. The van der Waals surface area contributed by atoms with Crippen LogP contribution in [0.2, 0.25) is 0 Å². The second kappa shape index (κ2) is 8.78. The minimum absolute atomic E-state index is 0.115. The molecule has 1 aliphatic heterocycles. The van der Waals surface area contributed by atoms with Crippen LogP contribution < -0.4 is 4.74 Å². The van der Waals surface area contributed by atoms with E-state index in [1.54, 1.807) is 0 Å². The molecule has 1 saturated heterocycles. The van der Waals surface area contributed by atoms with Crippen LogP contribution in [0.3, 0.4) is 0 Å². The van der Waals surface area contributed by atoms with Crippen molar-refractivity contribution in [2.75, 3.05) is 13.2 Å². The molecule has 2 aromatic carbocycles. The minimum Gasteiger partial charge on any atom is -0.491 e. The van der Waals surface area contributed by atoms with Crippen molar-refractivity contribution >= 4 is 5.91 Å². The molecule has 0 radical (unpaired) electrons. The third-order valence-corrected chi connectivity index (χ3v) is 5.51. The Balaban J connectivity index is 1.41. The van der Waals surface area contributed by atoms with Gasteiger partial charge >= 0.3 is 0 Å². The number of aryl methyl sites for hydroxylation is 1. The summed E-state index contributed by atoms with van der Waals surface area (Å²) in [6, 6.07) is 16.3. The highest BCUT2D eigenvalue weighted by molar-refractivity contribution is 5.94. The summed E-state index contributed by atoms with van der Waals surface area (Å²) in [5.74, 6) is 0.967. The molecule has 0 aromatic heterocycles. The van der Waals surface area contributed by atoms with Crippen LogP contribution in [0.15, 0.2) is 48.5 Å². The van der Waals surface area contributed by atoms with Crippen LogP contribution in [0.25, 0.3) is 0 Å². The number of amides is 1. The molecule has 4 nitrogen and oxygen atoms in total. The second-order valence-corrected chi connectivity index (χ2v) is 7.98. The Bertz CT molecular complexity index is 792. The Morgan fingerprint density at radius 1 is 1.11 bits per heavy atom. The quantitative estimate of drug-likeness (QED) is 0.697. The third-order valence-electron chi connectivity index (χ3n) is 5.51. The maximum Gasteiger partial charge on any atom is 0.254 e. The van der Waals surface area contributed by atoms with Crippen LogP contribution in [-0.2, 0) is 11.3 Å². The topological polar surface area (TPSA) is 38.8 Å². The second-order valence-electron chi connectivity index (χ2n) is 7.98. The Labute approximate surface area is 167 Å². The first kappa shape index (κ1) is 19.0. The molecule has 0 N–H and O–H groups in total. The molecule has 2 aliphatic rings. The van der Waals surface area contributed by atoms with Gasteiger partial charge in [-0.15, -0.1) is 0 Å². The van der Waals surface area contributed by atoms with Gasteiger partial charge in [0.05, 0.1) is 6.10 Å². The molecule has 4 heteroatoms. The highest BCUT2D eigenvalue weighted by Gasteiger charge is 2.33.